The summed E-state index contributed by atoms with van der Waals surface area (Å²) < 4.78 is 13.0. The smallest absolute Gasteiger partial charge is 0.125 e. The minimum absolute atomic E-state index is 0.285. The summed E-state index contributed by atoms with van der Waals surface area (Å²) in [6, 6.07) is 4.44. The molecular formula is C12H11FN2. The molecule has 15 heavy (non-hydrogen) atoms. The van der Waals surface area contributed by atoms with Gasteiger partial charge in [0.25, 0.3) is 0 Å². The van der Waals surface area contributed by atoms with Crippen LogP contribution in [0.25, 0.3) is 17.1 Å². The highest BCUT2D eigenvalue weighted by Crippen LogP contribution is 2.14. The molecule has 0 aliphatic heterocycles. The van der Waals surface area contributed by atoms with Crippen LogP contribution in [0.1, 0.15) is 18.3 Å². The summed E-state index contributed by atoms with van der Waals surface area (Å²) in [6.07, 6.45) is 3.76. The lowest BCUT2D eigenvalue weighted by molar-refractivity contribution is 0.629. The number of benzene rings is 1. The third-order valence-corrected chi connectivity index (χ3v) is 2.16. The second kappa shape index (κ2) is 3.77. The van der Waals surface area contributed by atoms with Crippen LogP contribution in [0.15, 0.2) is 24.3 Å². The Bertz CT molecular complexity index is 532. The number of aromatic nitrogens is 2. The van der Waals surface area contributed by atoms with E-state index < -0.39 is 0 Å². The number of allylic oxidation sites excluding steroid dienone is 1. The van der Waals surface area contributed by atoms with Crippen LogP contribution >= 0.6 is 0 Å². The van der Waals surface area contributed by atoms with E-state index >= 15 is 0 Å². The van der Waals surface area contributed by atoms with E-state index in [0.29, 0.717) is 5.52 Å². The molecule has 0 bridgehead atoms. The third-order valence-electron chi connectivity index (χ3n) is 2.16. The van der Waals surface area contributed by atoms with Crippen LogP contribution in [-0.2, 0) is 0 Å². The maximum Gasteiger partial charge on any atom is 0.125 e. The maximum absolute atomic E-state index is 13.0. The molecule has 76 valence electrons. The molecule has 0 saturated carbocycles. The van der Waals surface area contributed by atoms with Crippen molar-refractivity contribution in [2.45, 2.75) is 13.8 Å². The Hall–Kier alpha value is -1.77. The molecule has 0 aliphatic rings. The molecule has 0 unspecified atom stereocenters. The average molecular weight is 202 g/mol. The van der Waals surface area contributed by atoms with Gasteiger partial charge in [-0.05, 0) is 32.1 Å². The molecule has 1 aromatic heterocycles. The van der Waals surface area contributed by atoms with Crippen LogP contribution in [0.4, 0.5) is 4.39 Å². The van der Waals surface area contributed by atoms with E-state index in [1.54, 1.807) is 6.07 Å². The highest BCUT2D eigenvalue weighted by molar-refractivity contribution is 5.75. The number of fused-ring (bicyclic) bond motifs is 1. The maximum atomic E-state index is 13.0. The third kappa shape index (κ3) is 1.86. The van der Waals surface area contributed by atoms with Gasteiger partial charge in [-0.25, -0.2) is 14.4 Å². The highest BCUT2D eigenvalue weighted by Gasteiger charge is 2.03. The first-order valence-electron chi connectivity index (χ1n) is 4.77. The summed E-state index contributed by atoms with van der Waals surface area (Å²) in [5.74, 6) is -0.285. The van der Waals surface area contributed by atoms with Crippen LogP contribution in [0.2, 0.25) is 0 Å². The van der Waals surface area contributed by atoms with E-state index in [4.69, 9.17) is 0 Å². The Kier molecular flexibility index (Phi) is 2.46. The molecule has 0 amide bonds. The lowest BCUT2D eigenvalue weighted by Crippen LogP contribution is -1.93. The van der Waals surface area contributed by atoms with Crippen molar-refractivity contribution in [3.8, 4) is 0 Å². The summed E-state index contributed by atoms with van der Waals surface area (Å²) in [5, 5.41) is 0. The van der Waals surface area contributed by atoms with Gasteiger partial charge in [-0.3, -0.25) is 0 Å². The van der Waals surface area contributed by atoms with E-state index in [-0.39, 0.29) is 5.82 Å². The summed E-state index contributed by atoms with van der Waals surface area (Å²) in [7, 11) is 0. The number of halogens is 1. The Morgan fingerprint density at radius 1 is 1.20 bits per heavy atom. The first-order valence-corrected chi connectivity index (χ1v) is 4.77. The zero-order valence-corrected chi connectivity index (χ0v) is 8.66. The molecule has 2 aromatic rings. The molecule has 0 saturated heterocycles. The monoisotopic (exact) mass is 202 g/mol. The van der Waals surface area contributed by atoms with Gasteiger partial charge in [-0.15, -0.1) is 0 Å². The van der Waals surface area contributed by atoms with Gasteiger partial charge >= 0.3 is 0 Å². The van der Waals surface area contributed by atoms with Crippen molar-refractivity contribution in [2.75, 3.05) is 0 Å². The van der Waals surface area contributed by atoms with E-state index in [0.717, 1.165) is 16.9 Å². The second-order valence-electron chi connectivity index (χ2n) is 3.33. The molecule has 1 aromatic carbocycles. The van der Waals surface area contributed by atoms with Gasteiger partial charge < -0.3 is 0 Å². The van der Waals surface area contributed by atoms with E-state index in [1.807, 2.05) is 26.0 Å². The van der Waals surface area contributed by atoms with Crippen molar-refractivity contribution in [3.63, 3.8) is 0 Å². The molecular weight excluding hydrogens is 191 g/mol. The van der Waals surface area contributed by atoms with Crippen molar-refractivity contribution in [1.82, 2.24) is 9.97 Å². The second-order valence-corrected chi connectivity index (χ2v) is 3.33. The lowest BCUT2D eigenvalue weighted by Gasteiger charge is -2.02. The highest BCUT2D eigenvalue weighted by atomic mass is 19.1. The molecule has 0 atom stereocenters. The van der Waals surface area contributed by atoms with Crippen molar-refractivity contribution in [3.05, 3.63) is 41.5 Å². The fraction of sp³-hybridized carbons (Fsp3) is 0.167. The summed E-state index contributed by atoms with van der Waals surface area (Å²) in [5.41, 5.74) is 2.96. The van der Waals surface area contributed by atoms with Gasteiger partial charge in [0, 0.05) is 6.07 Å². The van der Waals surface area contributed by atoms with Crippen molar-refractivity contribution < 1.29 is 4.39 Å². The normalized spacial score (nSPS) is 11.4. The lowest BCUT2D eigenvalue weighted by atomic mass is 10.2. The van der Waals surface area contributed by atoms with E-state index in [1.165, 1.54) is 12.1 Å². The molecule has 1 heterocycles. The van der Waals surface area contributed by atoms with Crippen LogP contribution < -0.4 is 0 Å². The Morgan fingerprint density at radius 3 is 2.73 bits per heavy atom. The number of aryl methyl sites for hydroxylation is 1. The topological polar surface area (TPSA) is 25.8 Å². The van der Waals surface area contributed by atoms with Crippen molar-refractivity contribution in [1.29, 1.82) is 0 Å². The van der Waals surface area contributed by atoms with Gasteiger partial charge in [0.15, 0.2) is 0 Å². The first-order chi connectivity index (χ1) is 7.20. The van der Waals surface area contributed by atoms with Gasteiger partial charge in [0.05, 0.1) is 22.4 Å². The van der Waals surface area contributed by atoms with Gasteiger partial charge in [-0.2, -0.15) is 0 Å². The Balaban J connectivity index is 2.71. The molecule has 3 heteroatoms. The van der Waals surface area contributed by atoms with Gasteiger partial charge in [0.1, 0.15) is 5.82 Å². The summed E-state index contributed by atoms with van der Waals surface area (Å²) in [4.78, 5) is 8.69. The van der Waals surface area contributed by atoms with E-state index in [9.17, 15) is 4.39 Å². The molecule has 0 fully saturated rings. The summed E-state index contributed by atoms with van der Waals surface area (Å²) >= 11 is 0. The zero-order valence-electron chi connectivity index (χ0n) is 8.66. The number of nitrogens with zero attached hydrogens (tertiary/aromatic N) is 2. The number of hydrogen-bond acceptors (Lipinski definition) is 2. The van der Waals surface area contributed by atoms with Crippen LogP contribution in [0.3, 0.4) is 0 Å². The molecule has 0 N–H and O–H groups in total. The van der Waals surface area contributed by atoms with E-state index in [2.05, 4.69) is 9.97 Å². The minimum atomic E-state index is -0.285. The van der Waals surface area contributed by atoms with Crippen molar-refractivity contribution in [2.24, 2.45) is 0 Å². The number of hydrogen-bond donors (Lipinski definition) is 0. The largest absolute Gasteiger partial charge is 0.249 e. The number of rotatable bonds is 1. The quantitative estimate of drug-likeness (QED) is 0.710. The molecule has 2 rings (SSSR count). The predicted octanol–water partition coefficient (Wildman–Crippen LogP) is 3.11. The van der Waals surface area contributed by atoms with Gasteiger partial charge in [-0.1, -0.05) is 6.08 Å². The first kappa shape index (κ1) is 9.77. The van der Waals surface area contributed by atoms with Crippen molar-refractivity contribution >= 4 is 17.1 Å². The van der Waals surface area contributed by atoms with Crippen LogP contribution in [-0.4, -0.2) is 9.97 Å². The van der Waals surface area contributed by atoms with Crippen LogP contribution in [0, 0.1) is 12.7 Å². The Labute approximate surface area is 87.5 Å². The standard InChI is InChI=1S/C12H11FN2/c1-3-4-10-8(2)14-11-6-5-9(13)7-12(11)15-10/h3-7H,1-2H3. The fourth-order valence-corrected chi connectivity index (χ4v) is 1.45. The predicted molar refractivity (Wildman–Crippen MR) is 58.9 cm³/mol. The molecule has 0 aliphatic carbocycles. The van der Waals surface area contributed by atoms with Crippen LogP contribution in [0.5, 0.6) is 0 Å². The average Bonchev–Trinajstić information content (AvgIpc) is 2.20. The molecule has 0 spiro atoms. The minimum Gasteiger partial charge on any atom is -0.249 e. The molecule has 2 nitrogen and oxygen atoms in total. The SMILES string of the molecule is CC=Cc1nc2cc(F)ccc2nc1C. The molecule has 0 radical (unpaired) electrons. The fourth-order valence-electron chi connectivity index (χ4n) is 1.45. The Morgan fingerprint density at radius 2 is 2.00 bits per heavy atom. The summed E-state index contributed by atoms with van der Waals surface area (Å²) in [6.45, 7) is 3.81. The zero-order chi connectivity index (χ0) is 10.8. The van der Waals surface area contributed by atoms with Gasteiger partial charge in [0.2, 0.25) is 0 Å².